The van der Waals surface area contributed by atoms with Crippen molar-refractivity contribution in [3.05, 3.63) is 40.7 Å². The van der Waals surface area contributed by atoms with Gasteiger partial charge >= 0.3 is 0 Å². The van der Waals surface area contributed by atoms with E-state index in [-0.39, 0.29) is 0 Å². The van der Waals surface area contributed by atoms with Gasteiger partial charge in [-0.3, -0.25) is 0 Å². The van der Waals surface area contributed by atoms with Crippen LogP contribution >= 0.6 is 22.9 Å². The maximum absolute atomic E-state index is 6.26. The normalized spacial score (nSPS) is 23.4. The average Bonchev–Trinajstić information content (AvgIpc) is 2.88. The smallest absolute Gasteiger partial charge is 0.0935 e. The van der Waals surface area contributed by atoms with Crippen molar-refractivity contribution >= 4 is 22.9 Å². The molecule has 3 rings (SSSR count). The van der Waals surface area contributed by atoms with E-state index < -0.39 is 0 Å². The van der Waals surface area contributed by atoms with Gasteiger partial charge in [0.05, 0.1) is 10.7 Å². The Morgan fingerprint density at radius 1 is 1.21 bits per heavy atom. The van der Waals surface area contributed by atoms with Crippen molar-refractivity contribution < 1.29 is 0 Å². The summed E-state index contributed by atoms with van der Waals surface area (Å²) < 4.78 is 0. The number of nitrogens with zero attached hydrogens (tertiary/aromatic N) is 1. The molecule has 19 heavy (non-hydrogen) atoms. The van der Waals surface area contributed by atoms with Gasteiger partial charge in [0, 0.05) is 22.7 Å². The van der Waals surface area contributed by atoms with Crippen LogP contribution in [0.15, 0.2) is 35.7 Å². The van der Waals surface area contributed by atoms with Crippen LogP contribution in [0.3, 0.4) is 0 Å². The standard InChI is InChI=1S/C16H18ClNS/c17-14-8-4-5-12(9-14)10-16-18-15(11-19-16)13-6-2-1-3-7-13/h1-3,6-7,11-12,14H,4-5,8-10H2. The van der Waals surface area contributed by atoms with E-state index in [1.54, 1.807) is 11.3 Å². The predicted octanol–water partition coefficient (Wildman–Crippen LogP) is 5.15. The van der Waals surface area contributed by atoms with Crippen LogP contribution < -0.4 is 0 Å². The first-order valence-corrected chi connectivity index (χ1v) is 8.27. The van der Waals surface area contributed by atoms with Crippen LogP contribution in [0.4, 0.5) is 0 Å². The van der Waals surface area contributed by atoms with Gasteiger partial charge in [-0.2, -0.15) is 0 Å². The van der Waals surface area contributed by atoms with Gasteiger partial charge < -0.3 is 0 Å². The second-order valence-corrected chi connectivity index (χ2v) is 6.89. The fraction of sp³-hybridized carbons (Fsp3) is 0.438. The molecular formula is C16H18ClNS. The molecule has 0 amide bonds. The Kier molecular flexibility index (Phi) is 4.19. The molecule has 1 aliphatic carbocycles. The molecule has 1 saturated carbocycles. The van der Waals surface area contributed by atoms with Gasteiger partial charge in [-0.1, -0.05) is 36.8 Å². The summed E-state index contributed by atoms with van der Waals surface area (Å²) in [5.74, 6) is 0.728. The highest BCUT2D eigenvalue weighted by atomic mass is 35.5. The third-order valence-electron chi connectivity index (χ3n) is 3.80. The van der Waals surface area contributed by atoms with E-state index in [1.165, 1.54) is 29.8 Å². The summed E-state index contributed by atoms with van der Waals surface area (Å²) in [7, 11) is 0. The molecule has 2 unspecified atom stereocenters. The summed E-state index contributed by atoms with van der Waals surface area (Å²) in [5.41, 5.74) is 2.32. The molecule has 2 atom stereocenters. The predicted molar refractivity (Wildman–Crippen MR) is 82.9 cm³/mol. The first kappa shape index (κ1) is 13.1. The number of rotatable bonds is 3. The molecule has 1 heterocycles. The minimum Gasteiger partial charge on any atom is -0.241 e. The summed E-state index contributed by atoms with van der Waals surface area (Å²) in [5, 5.41) is 3.81. The Morgan fingerprint density at radius 2 is 2.05 bits per heavy atom. The molecule has 0 spiro atoms. The van der Waals surface area contributed by atoms with Crippen molar-refractivity contribution in [3.8, 4) is 11.3 Å². The Balaban J connectivity index is 1.68. The van der Waals surface area contributed by atoms with E-state index in [9.17, 15) is 0 Å². The molecule has 3 heteroatoms. The van der Waals surface area contributed by atoms with Crippen molar-refractivity contribution in [1.29, 1.82) is 0 Å². The summed E-state index contributed by atoms with van der Waals surface area (Å²) in [6.07, 6.45) is 6.02. The molecule has 1 nitrogen and oxygen atoms in total. The lowest BCUT2D eigenvalue weighted by Crippen LogP contribution is -2.17. The second-order valence-electron chi connectivity index (χ2n) is 5.33. The average molecular weight is 292 g/mol. The fourth-order valence-electron chi connectivity index (χ4n) is 2.80. The van der Waals surface area contributed by atoms with Crippen molar-refractivity contribution in [3.63, 3.8) is 0 Å². The quantitative estimate of drug-likeness (QED) is 0.713. The van der Waals surface area contributed by atoms with Gasteiger partial charge in [-0.15, -0.1) is 22.9 Å². The van der Waals surface area contributed by atoms with Gasteiger partial charge in [0.25, 0.3) is 0 Å². The number of benzene rings is 1. The molecule has 100 valence electrons. The van der Waals surface area contributed by atoms with E-state index >= 15 is 0 Å². The zero-order valence-electron chi connectivity index (χ0n) is 10.9. The zero-order valence-corrected chi connectivity index (χ0v) is 12.5. The minimum absolute atomic E-state index is 0.382. The number of alkyl halides is 1. The van der Waals surface area contributed by atoms with E-state index in [1.807, 2.05) is 6.07 Å². The second kappa shape index (κ2) is 6.06. The molecule has 2 aromatic rings. The molecular weight excluding hydrogens is 274 g/mol. The van der Waals surface area contributed by atoms with Gasteiger partial charge in [-0.25, -0.2) is 4.98 Å². The lowest BCUT2D eigenvalue weighted by molar-refractivity contribution is 0.361. The third kappa shape index (κ3) is 3.37. The summed E-state index contributed by atoms with van der Waals surface area (Å²) >= 11 is 8.05. The molecule has 1 aliphatic rings. The molecule has 1 aromatic carbocycles. The van der Waals surface area contributed by atoms with Crippen LogP contribution in [0, 0.1) is 5.92 Å². The number of hydrogen-bond donors (Lipinski definition) is 0. The summed E-state index contributed by atoms with van der Waals surface area (Å²) in [6, 6.07) is 10.4. The largest absolute Gasteiger partial charge is 0.241 e. The number of halogens is 1. The highest BCUT2D eigenvalue weighted by Gasteiger charge is 2.21. The third-order valence-corrected chi connectivity index (χ3v) is 5.07. The van der Waals surface area contributed by atoms with E-state index in [0.717, 1.165) is 24.5 Å². The van der Waals surface area contributed by atoms with E-state index in [0.29, 0.717) is 5.38 Å². The van der Waals surface area contributed by atoms with Crippen molar-refractivity contribution in [1.82, 2.24) is 4.98 Å². The highest BCUT2D eigenvalue weighted by Crippen LogP contribution is 2.31. The van der Waals surface area contributed by atoms with Crippen LogP contribution in [-0.2, 0) is 6.42 Å². The van der Waals surface area contributed by atoms with Crippen LogP contribution in [0.5, 0.6) is 0 Å². The first-order chi connectivity index (χ1) is 9.31. The maximum Gasteiger partial charge on any atom is 0.0935 e. The van der Waals surface area contributed by atoms with Crippen LogP contribution in [0.2, 0.25) is 0 Å². The maximum atomic E-state index is 6.26. The molecule has 0 saturated heterocycles. The van der Waals surface area contributed by atoms with Gasteiger partial charge in [0.1, 0.15) is 0 Å². The zero-order chi connectivity index (χ0) is 13.1. The molecule has 0 radical (unpaired) electrons. The molecule has 0 aliphatic heterocycles. The van der Waals surface area contributed by atoms with Crippen molar-refractivity contribution in [2.75, 3.05) is 0 Å². The van der Waals surface area contributed by atoms with Gasteiger partial charge in [0.2, 0.25) is 0 Å². The van der Waals surface area contributed by atoms with Crippen molar-refractivity contribution in [2.45, 2.75) is 37.5 Å². The Bertz CT molecular complexity index is 523. The molecule has 1 fully saturated rings. The van der Waals surface area contributed by atoms with E-state index in [4.69, 9.17) is 16.6 Å². The Labute approximate surface area is 123 Å². The number of hydrogen-bond acceptors (Lipinski definition) is 2. The van der Waals surface area contributed by atoms with Crippen LogP contribution in [-0.4, -0.2) is 10.4 Å². The monoisotopic (exact) mass is 291 g/mol. The lowest BCUT2D eigenvalue weighted by atomic mass is 9.87. The molecule has 0 N–H and O–H groups in total. The van der Waals surface area contributed by atoms with E-state index in [2.05, 4.69) is 29.6 Å². The Hall–Kier alpha value is -0.860. The van der Waals surface area contributed by atoms with Crippen LogP contribution in [0.25, 0.3) is 11.3 Å². The highest BCUT2D eigenvalue weighted by molar-refractivity contribution is 7.09. The minimum atomic E-state index is 0.382. The number of aromatic nitrogens is 1. The van der Waals surface area contributed by atoms with Crippen molar-refractivity contribution in [2.24, 2.45) is 5.92 Å². The first-order valence-electron chi connectivity index (χ1n) is 6.95. The fourth-order valence-corrected chi connectivity index (χ4v) is 4.13. The molecule has 1 aromatic heterocycles. The van der Waals surface area contributed by atoms with Crippen LogP contribution in [0.1, 0.15) is 30.7 Å². The number of thiazole rings is 1. The lowest BCUT2D eigenvalue weighted by Gasteiger charge is -2.24. The topological polar surface area (TPSA) is 12.9 Å². The summed E-state index contributed by atoms with van der Waals surface area (Å²) in [4.78, 5) is 4.78. The molecule has 0 bridgehead atoms. The summed E-state index contributed by atoms with van der Waals surface area (Å²) in [6.45, 7) is 0. The Morgan fingerprint density at radius 3 is 2.84 bits per heavy atom. The van der Waals surface area contributed by atoms with Gasteiger partial charge in [0.15, 0.2) is 0 Å². The van der Waals surface area contributed by atoms with Gasteiger partial charge in [-0.05, 0) is 25.2 Å². The SMILES string of the molecule is ClC1CCCC(Cc2nc(-c3ccccc3)cs2)C1.